The molecule has 0 bridgehead atoms. The molecule has 0 unspecified atom stereocenters. The quantitative estimate of drug-likeness (QED) is 0.630. The highest BCUT2D eigenvalue weighted by Gasteiger charge is 2.18. The van der Waals surface area contributed by atoms with Gasteiger partial charge in [-0.15, -0.1) is 0 Å². The maximum Gasteiger partial charge on any atom is 0.433 e. The average Bonchev–Trinajstić information content (AvgIpc) is 2.61. The average molecular weight is 226 g/mol. The molecule has 0 spiro atoms. The lowest BCUT2D eigenvalue weighted by Crippen LogP contribution is -2.31. The van der Waals surface area contributed by atoms with Crippen molar-refractivity contribution >= 4 is 11.8 Å². The number of nitrogens with zero attached hydrogens (tertiary/aromatic N) is 1. The Bertz CT molecular complexity index is 403. The highest BCUT2D eigenvalue weighted by Crippen LogP contribution is 2.16. The Morgan fingerprint density at radius 2 is 2.12 bits per heavy atom. The van der Waals surface area contributed by atoms with Gasteiger partial charge >= 0.3 is 5.88 Å². The van der Waals surface area contributed by atoms with E-state index in [9.17, 15) is 14.9 Å². The summed E-state index contributed by atoms with van der Waals surface area (Å²) >= 11 is 0. The first kappa shape index (κ1) is 12.2. The number of rotatable bonds is 3. The van der Waals surface area contributed by atoms with Crippen LogP contribution in [0.25, 0.3) is 0 Å². The van der Waals surface area contributed by atoms with Crippen molar-refractivity contribution in [2.24, 2.45) is 5.41 Å². The Balaban J connectivity index is 2.63. The normalized spacial score (nSPS) is 11.2. The summed E-state index contributed by atoms with van der Waals surface area (Å²) in [6.07, 6.45) is 0. The van der Waals surface area contributed by atoms with Crippen molar-refractivity contribution in [2.45, 2.75) is 20.8 Å². The van der Waals surface area contributed by atoms with E-state index in [0.717, 1.165) is 6.07 Å². The monoisotopic (exact) mass is 226 g/mol. The standard InChI is InChI=1S/C10H14N2O4/c1-10(2,3)6-11-9(13)7-4-5-8(16-7)12(14)15/h4-5H,6H2,1-3H3,(H,11,13). The molecule has 0 atom stereocenters. The first-order valence-corrected chi connectivity index (χ1v) is 4.82. The van der Waals surface area contributed by atoms with Crippen LogP contribution in [0.15, 0.2) is 16.5 Å². The molecule has 0 saturated carbocycles. The lowest BCUT2D eigenvalue weighted by atomic mass is 9.97. The highest BCUT2D eigenvalue weighted by molar-refractivity contribution is 5.91. The minimum atomic E-state index is -0.680. The van der Waals surface area contributed by atoms with Crippen LogP contribution in [0, 0.1) is 15.5 Å². The number of amides is 1. The summed E-state index contributed by atoms with van der Waals surface area (Å²) in [7, 11) is 0. The van der Waals surface area contributed by atoms with E-state index in [-0.39, 0.29) is 11.2 Å². The number of nitro groups is 1. The smallest absolute Gasteiger partial charge is 0.395 e. The number of carbonyl (C=O) groups excluding carboxylic acids is 1. The van der Waals surface area contributed by atoms with Gasteiger partial charge in [-0.3, -0.25) is 14.9 Å². The van der Waals surface area contributed by atoms with Crippen LogP contribution < -0.4 is 5.32 Å². The maximum atomic E-state index is 11.5. The molecule has 6 nitrogen and oxygen atoms in total. The fraction of sp³-hybridized carbons (Fsp3) is 0.500. The zero-order valence-electron chi connectivity index (χ0n) is 9.44. The molecule has 0 aliphatic heterocycles. The Morgan fingerprint density at radius 1 is 1.50 bits per heavy atom. The molecule has 1 rings (SSSR count). The van der Waals surface area contributed by atoms with Gasteiger partial charge in [0.05, 0.1) is 6.07 Å². The number of carbonyl (C=O) groups is 1. The zero-order valence-corrected chi connectivity index (χ0v) is 9.44. The van der Waals surface area contributed by atoms with Crippen LogP contribution in [-0.4, -0.2) is 17.4 Å². The third-order valence-corrected chi connectivity index (χ3v) is 1.77. The largest absolute Gasteiger partial charge is 0.433 e. The SMILES string of the molecule is CC(C)(C)CNC(=O)c1ccc([N+](=O)[O-])o1. The lowest BCUT2D eigenvalue weighted by molar-refractivity contribution is -0.402. The van der Waals surface area contributed by atoms with Crippen molar-refractivity contribution in [3.05, 3.63) is 28.0 Å². The molecule has 1 N–H and O–H groups in total. The predicted octanol–water partition coefficient (Wildman–Crippen LogP) is 1.96. The van der Waals surface area contributed by atoms with Crippen molar-refractivity contribution in [2.75, 3.05) is 6.54 Å². The van der Waals surface area contributed by atoms with Crippen molar-refractivity contribution in [3.8, 4) is 0 Å². The van der Waals surface area contributed by atoms with E-state index in [2.05, 4.69) is 5.32 Å². The molecule has 0 aromatic carbocycles. The van der Waals surface area contributed by atoms with Gasteiger partial charge in [0.15, 0.2) is 5.76 Å². The molecular weight excluding hydrogens is 212 g/mol. The Morgan fingerprint density at radius 3 is 2.56 bits per heavy atom. The van der Waals surface area contributed by atoms with Crippen LogP contribution in [0.1, 0.15) is 31.3 Å². The van der Waals surface area contributed by atoms with Crippen LogP contribution in [0.3, 0.4) is 0 Å². The minimum absolute atomic E-state index is 0.0454. The van der Waals surface area contributed by atoms with Crippen LogP contribution in [0.4, 0.5) is 5.88 Å². The van der Waals surface area contributed by atoms with E-state index in [0.29, 0.717) is 6.54 Å². The van der Waals surface area contributed by atoms with E-state index in [1.165, 1.54) is 6.07 Å². The van der Waals surface area contributed by atoms with Gasteiger partial charge in [0.2, 0.25) is 0 Å². The van der Waals surface area contributed by atoms with Gasteiger partial charge in [-0.25, -0.2) is 0 Å². The molecule has 1 heterocycles. The van der Waals surface area contributed by atoms with Crippen molar-refractivity contribution in [1.82, 2.24) is 5.32 Å². The second-order valence-corrected chi connectivity index (χ2v) is 4.64. The number of hydrogen-bond acceptors (Lipinski definition) is 4. The summed E-state index contributed by atoms with van der Waals surface area (Å²) in [5.41, 5.74) is -0.0474. The van der Waals surface area contributed by atoms with E-state index in [1.807, 2.05) is 20.8 Å². The first-order valence-electron chi connectivity index (χ1n) is 4.82. The third kappa shape index (κ3) is 3.38. The van der Waals surface area contributed by atoms with Crippen LogP contribution in [0.2, 0.25) is 0 Å². The first-order chi connectivity index (χ1) is 7.29. The van der Waals surface area contributed by atoms with Gasteiger partial charge in [0.25, 0.3) is 5.91 Å². The number of nitrogens with one attached hydrogen (secondary N) is 1. The Hall–Kier alpha value is -1.85. The van der Waals surface area contributed by atoms with Gasteiger partial charge in [-0.1, -0.05) is 20.8 Å². The summed E-state index contributed by atoms with van der Waals surface area (Å²) in [4.78, 5) is 21.2. The minimum Gasteiger partial charge on any atom is -0.395 e. The molecule has 0 aliphatic rings. The molecule has 0 radical (unpaired) electrons. The Labute approximate surface area is 92.8 Å². The molecule has 16 heavy (non-hydrogen) atoms. The van der Waals surface area contributed by atoms with Crippen molar-refractivity contribution < 1.29 is 14.1 Å². The second kappa shape index (κ2) is 4.34. The summed E-state index contributed by atoms with van der Waals surface area (Å²) < 4.78 is 4.76. The summed E-state index contributed by atoms with van der Waals surface area (Å²) in [6.45, 7) is 6.38. The molecule has 88 valence electrons. The zero-order chi connectivity index (χ0) is 12.3. The molecular formula is C10H14N2O4. The maximum absolute atomic E-state index is 11.5. The molecule has 6 heteroatoms. The summed E-state index contributed by atoms with van der Waals surface area (Å²) in [5, 5.41) is 13.0. The Kier molecular flexibility index (Phi) is 3.31. The predicted molar refractivity (Wildman–Crippen MR) is 57.2 cm³/mol. The number of furan rings is 1. The molecule has 0 aliphatic carbocycles. The molecule has 0 fully saturated rings. The highest BCUT2D eigenvalue weighted by atomic mass is 16.6. The van der Waals surface area contributed by atoms with Crippen LogP contribution in [0.5, 0.6) is 0 Å². The van der Waals surface area contributed by atoms with Gasteiger partial charge in [-0.05, 0) is 11.5 Å². The van der Waals surface area contributed by atoms with Crippen LogP contribution in [-0.2, 0) is 0 Å². The number of hydrogen-bond donors (Lipinski definition) is 1. The summed E-state index contributed by atoms with van der Waals surface area (Å²) in [5.74, 6) is -0.917. The topological polar surface area (TPSA) is 85.4 Å². The fourth-order valence-electron chi connectivity index (χ4n) is 0.980. The van der Waals surface area contributed by atoms with Crippen molar-refractivity contribution in [1.29, 1.82) is 0 Å². The van der Waals surface area contributed by atoms with Gasteiger partial charge in [0, 0.05) is 6.54 Å². The molecule has 1 amide bonds. The van der Waals surface area contributed by atoms with E-state index >= 15 is 0 Å². The summed E-state index contributed by atoms with van der Waals surface area (Å²) in [6, 6.07) is 2.45. The van der Waals surface area contributed by atoms with E-state index in [4.69, 9.17) is 4.42 Å². The fourth-order valence-corrected chi connectivity index (χ4v) is 0.980. The second-order valence-electron chi connectivity index (χ2n) is 4.64. The third-order valence-electron chi connectivity index (χ3n) is 1.77. The van der Waals surface area contributed by atoms with Gasteiger partial charge in [0.1, 0.15) is 4.92 Å². The van der Waals surface area contributed by atoms with Crippen molar-refractivity contribution in [3.63, 3.8) is 0 Å². The molecule has 0 saturated heterocycles. The molecule has 1 aromatic rings. The van der Waals surface area contributed by atoms with Gasteiger partial charge in [-0.2, -0.15) is 0 Å². The van der Waals surface area contributed by atoms with E-state index < -0.39 is 16.7 Å². The van der Waals surface area contributed by atoms with E-state index in [1.54, 1.807) is 0 Å². The van der Waals surface area contributed by atoms with Crippen LogP contribution >= 0.6 is 0 Å². The van der Waals surface area contributed by atoms with Gasteiger partial charge < -0.3 is 9.73 Å². The lowest BCUT2D eigenvalue weighted by Gasteiger charge is -2.17. The molecule has 1 aromatic heterocycles.